The average Bonchev–Trinajstić information content (AvgIpc) is 3.10. The molecule has 1 aliphatic carbocycles. The molecular weight excluding hydrogens is 265 g/mol. The molecule has 6 heteroatoms. The Labute approximate surface area is 113 Å². The number of hydrogen-bond donors (Lipinski definition) is 1. The maximum Gasteiger partial charge on any atom is 0.203 e. The minimum atomic E-state index is -0.841. The van der Waals surface area contributed by atoms with Crippen LogP contribution in [0.15, 0.2) is 18.2 Å². The minimum absolute atomic E-state index is 0.114. The lowest BCUT2D eigenvalue weighted by atomic mass is 10.3. The van der Waals surface area contributed by atoms with Crippen LogP contribution in [0.4, 0.5) is 10.3 Å². The first-order chi connectivity index (χ1) is 9.03. The van der Waals surface area contributed by atoms with Gasteiger partial charge in [0.05, 0.1) is 10.3 Å². The quantitative estimate of drug-likeness (QED) is 0.933. The molecule has 2 aromatic rings. The Morgan fingerprint density at radius 1 is 1.53 bits per heavy atom. The van der Waals surface area contributed by atoms with Gasteiger partial charge in [0, 0.05) is 30.6 Å². The second-order valence-electron chi connectivity index (χ2n) is 5.09. The van der Waals surface area contributed by atoms with E-state index in [9.17, 15) is 8.60 Å². The lowest BCUT2D eigenvalue weighted by Crippen LogP contribution is -2.26. The number of benzene rings is 1. The van der Waals surface area contributed by atoms with Crippen molar-refractivity contribution in [2.24, 2.45) is 7.05 Å². The molecule has 3 rings (SSSR count). The molecule has 1 fully saturated rings. The molecule has 0 saturated heterocycles. The molecule has 0 bridgehead atoms. The minimum Gasteiger partial charge on any atom is -0.354 e. The Hall–Kier alpha value is -1.43. The van der Waals surface area contributed by atoms with E-state index in [0.717, 1.165) is 18.4 Å². The Bertz CT molecular complexity index is 663. The van der Waals surface area contributed by atoms with Gasteiger partial charge in [-0.05, 0) is 25.0 Å². The van der Waals surface area contributed by atoms with E-state index in [1.165, 1.54) is 6.07 Å². The van der Waals surface area contributed by atoms with Crippen LogP contribution in [0.3, 0.4) is 0 Å². The molecule has 4 nitrogen and oxygen atoms in total. The smallest absolute Gasteiger partial charge is 0.203 e. The van der Waals surface area contributed by atoms with Crippen molar-refractivity contribution in [2.45, 2.75) is 17.6 Å². The number of imidazole rings is 1. The summed E-state index contributed by atoms with van der Waals surface area (Å²) in [6.07, 6.45) is 3.69. The molecule has 0 aliphatic heterocycles. The highest BCUT2D eigenvalue weighted by Gasteiger charge is 2.46. The Morgan fingerprint density at radius 2 is 2.26 bits per heavy atom. The fourth-order valence-electron chi connectivity index (χ4n) is 2.28. The van der Waals surface area contributed by atoms with Gasteiger partial charge in [0.2, 0.25) is 5.95 Å². The van der Waals surface area contributed by atoms with Crippen molar-refractivity contribution >= 4 is 27.8 Å². The summed E-state index contributed by atoms with van der Waals surface area (Å²) in [5.41, 5.74) is 1.12. The van der Waals surface area contributed by atoms with Gasteiger partial charge >= 0.3 is 0 Å². The first-order valence-electron chi connectivity index (χ1n) is 6.22. The van der Waals surface area contributed by atoms with E-state index in [2.05, 4.69) is 10.3 Å². The number of aromatic nitrogens is 2. The van der Waals surface area contributed by atoms with Crippen molar-refractivity contribution in [2.75, 3.05) is 18.1 Å². The summed E-state index contributed by atoms with van der Waals surface area (Å²) in [7, 11) is 1.01. The number of rotatable bonds is 4. The molecule has 1 unspecified atom stereocenters. The summed E-state index contributed by atoms with van der Waals surface area (Å²) in [6, 6.07) is 4.91. The molecule has 1 aliphatic rings. The fourth-order valence-corrected chi connectivity index (χ4v) is 3.24. The third-order valence-corrected chi connectivity index (χ3v) is 5.62. The lowest BCUT2D eigenvalue weighted by Gasteiger charge is -2.13. The Balaban J connectivity index is 1.88. The molecule has 1 N–H and O–H groups in total. The molecule has 19 heavy (non-hydrogen) atoms. The van der Waals surface area contributed by atoms with Crippen molar-refractivity contribution in [3.05, 3.63) is 24.0 Å². The molecule has 1 aromatic heterocycles. The van der Waals surface area contributed by atoms with Crippen LogP contribution >= 0.6 is 0 Å². The van der Waals surface area contributed by atoms with Crippen molar-refractivity contribution in [1.29, 1.82) is 0 Å². The third-order valence-electron chi connectivity index (χ3n) is 3.85. The molecule has 0 radical (unpaired) electrons. The number of para-hydroxylation sites is 1. The second-order valence-corrected chi connectivity index (χ2v) is 6.87. The summed E-state index contributed by atoms with van der Waals surface area (Å²) in [4.78, 5) is 4.28. The summed E-state index contributed by atoms with van der Waals surface area (Å²) in [5, 5.41) is 3.21. The van der Waals surface area contributed by atoms with E-state index in [1.807, 2.05) is 17.7 Å². The van der Waals surface area contributed by atoms with Crippen molar-refractivity contribution < 1.29 is 8.60 Å². The monoisotopic (exact) mass is 281 g/mol. The van der Waals surface area contributed by atoms with Crippen molar-refractivity contribution in [1.82, 2.24) is 9.55 Å². The molecule has 1 saturated carbocycles. The standard InChI is InChI=1S/C13H16FN3OS/c1-17-10-5-3-4-9(14)11(10)16-12(17)15-8-13(6-7-13)19(2)18/h3-5H,6-8H2,1-2H3,(H,15,16). The van der Waals surface area contributed by atoms with Gasteiger partial charge in [-0.2, -0.15) is 0 Å². The highest BCUT2D eigenvalue weighted by atomic mass is 32.2. The molecular formula is C13H16FN3OS. The number of hydrogen-bond acceptors (Lipinski definition) is 3. The molecule has 1 aromatic carbocycles. The van der Waals surface area contributed by atoms with Crippen LogP contribution in [0.2, 0.25) is 0 Å². The first-order valence-corrected chi connectivity index (χ1v) is 7.78. The summed E-state index contributed by atoms with van der Waals surface area (Å²) in [5.74, 6) is 0.304. The molecule has 1 heterocycles. The number of nitrogens with zero attached hydrogens (tertiary/aromatic N) is 2. The third kappa shape index (κ3) is 2.04. The Morgan fingerprint density at radius 3 is 2.84 bits per heavy atom. The van der Waals surface area contributed by atoms with Gasteiger partial charge in [0.1, 0.15) is 5.52 Å². The van der Waals surface area contributed by atoms with Crippen LogP contribution in [0.1, 0.15) is 12.8 Å². The number of fused-ring (bicyclic) bond motifs is 1. The van der Waals surface area contributed by atoms with E-state index in [-0.39, 0.29) is 10.6 Å². The van der Waals surface area contributed by atoms with Crippen LogP contribution in [-0.2, 0) is 17.8 Å². The van der Waals surface area contributed by atoms with E-state index in [1.54, 1.807) is 12.3 Å². The van der Waals surface area contributed by atoms with Gasteiger partial charge in [0.25, 0.3) is 0 Å². The van der Waals surface area contributed by atoms with Crippen molar-refractivity contribution in [3.63, 3.8) is 0 Å². The van der Waals surface area contributed by atoms with E-state index in [4.69, 9.17) is 0 Å². The van der Waals surface area contributed by atoms with Crippen molar-refractivity contribution in [3.8, 4) is 0 Å². The fraction of sp³-hybridized carbons (Fsp3) is 0.462. The highest BCUT2D eigenvalue weighted by molar-refractivity contribution is 7.86. The summed E-state index contributed by atoms with van der Waals surface area (Å²) >= 11 is 0. The first kappa shape index (κ1) is 12.6. The molecule has 1 atom stereocenters. The predicted octanol–water partition coefficient (Wildman–Crippen LogP) is 2.04. The number of aryl methyl sites for hydroxylation is 1. The zero-order chi connectivity index (χ0) is 13.6. The molecule has 0 amide bonds. The molecule has 102 valence electrons. The predicted molar refractivity (Wildman–Crippen MR) is 75.2 cm³/mol. The van der Waals surface area contributed by atoms with E-state index >= 15 is 0 Å². The topological polar surface area (TPSA) is 46.9 Å². The van der Waals surface area contributed by atoms with Gasteiger partial charge in [-0.3, -0.25) is 4.21 Å². The van der Waals surface area contributed by atoms with Crippen LogP contribution in [0.5, 0.6) is 0 Å². The van der Waals surface area contributed by atoms with Crippen LogP contribution < -0.4 is 5.32 Å². The summed E-state index contributed by atoms with van der Waals surface area (Å²) < 4.78 is 27.0. The van der Waals surface area contributed by atoms with Crippen LogP contribution in [0.25, 0.3) is 11.0 Å². The van der Waals surface area contributed by atoms with Gasteiger partial charge in [0.15, 0.2) is 5.82 Å². The van der Waals surface area contributed by atoms with Gasteiger partial charge in [-0.15, -0.1) is 0 Å². The average molecular weight is 281 g/mol. The van der Waals surface area contributed by atoms with Gasteiger partial charge in [-0.1, -0.05) is 6.07 Å². The van der Waals surface area contributed by atoms with Crippen LogP contribution in [0, 0.1) is 5.82 Å². The maximum absolute atomic E-state index is 13.6. The largest absolute Gasteiger partial charge is 0.354 e. The highest BCUT2D eigenvalue weighted by Crippen LogP contribution is 2.41. The van der Waals surface area contributed by atoms with Gasteiger partial charge in [-0.25, -0.2) is 9.37 Å². The number of halogens is 1. The summed E-state index contributed by atoms with van der Waals surface area (Å²) in [6.45, 7) is 0.620. The number of nitrogens with one attached hydrogen (secondary N) is 1. The number of anilines is 1. The molecule has 0 spiro atoms. The lowest BCUT2D eigenvalue weighted by molar-refractivity contribution is 0.637. The zero-order valence-corrected chi connectivity index (χ0v) is 11.8. The Kier molecular flexibility index (Phi) is 2.85. The van der Waals surface area contributed by atoms with E-state index < -0.39 is 10.8 Å². The maximum atomic E-state index is 13.6. The normalized spacial score (nSPS) is 18.5. The van der Waals surface area contributed by atoms with Crippen LogP contribution in [-0.4, -0.2) is 31.3 Å². The zero-order valence-electron chi connectivity index (χ0n) is 10.9. The SMILES string of the molecule is Cn1c(NCC2(S(C)=O)CC2)nc2c(F)cccc21. The second kappa shape index (κ2) is 4.30. The van der Waals surface area contributed by atoms with E-state index in [0.29, 0.717) is 18.0 Å². The van der Waals surface area contributed by atoms with Gasteiger partial charge < -0.3 is 9.88 Å².